The Labute approximate surface area is 190 Å². The average molecular weight is 407 g/mol. The summed E-state index contributed by atoms with van der Waals surface area (Å²) < 4.78 is 29.2. The Morgan fingerprint density at radius 3 is 1.41 bits per heavy atom. The van der Waals surface area contributed by atoms with Crippen LogP contribution in [-0.2, 0) is 10.1 Å². The molecule has 0 bridgehead atoms. The van der Waals surface area contributed by atoms with E-state index in [9.17, 15) is 8.42 Å². The third-order valence-corrected chi connectivity index (χ3v) is 5.26. The maximum atomic E-state index is 10.4. The predicted octanol–water partition coefficient (Wildman–Crippen LogP) is 4.24. The van der Waals surface area contributed by atoms with E-state index in [0.29, 0.717) is 0 Å². The molecule has 5 heteroatoms. The summed E-state index contributed by atoms with van der Waals surface area (Å²) in [5.74, 6) is 0. The van der Waals surface area contributed by atoms with Crippen molar-refractivity contribution in [3.05, 3.63) is 37.3 Å². The van der Waals surface area contributed by atoms with Gasteiger partial charge < -0.3 is 6.92 Å². The second kappa shape index (κ2) is 20.9. The van der Waals surface area contributed by atoms with Gasteiger partial charge in [-0.1, -0.05) is 109 Å². The van der Waals surface area contributed by atoms with Gasteiger partial charge in [-0.3, -0.25) is 4.55 Å². The quantitative estimate of drug-likeness (QED) is 0.218. The van der Waals surface area contributed by atoms with E-state index in [2.05, 4.69) is 13.8 Å². The van der Waals surface area contributed by atoms with Crippen LogP contribution in [-0.4, -0.2) is 13.0 Å². The van der Waals surface area contributed by atoms with Gasteiger partial charge in [-0.15, -0.1) is 0 Å². The number of hydrogen-bond donors (Lipinski definition) is 1. The van der Waals surface area contributed by atoms with Crippen LogP contribution < -0.4 is 29.6 Å². The summed E-state index contributed by atoms with van der Waals surface area (Å²) in [4.78, 5) is -0.0741. The van der Waals surface area contributed by atoms with Crippen molar-refractivity contribution >= 4 is 10.1 Å². The van der Waals surface area contributed by atoms with Gasteiger partial charge in [0, 0.05) is 0 Å². The van der Waals surface area contributed by atoms with E-state index in [0.717, 1.165) is 6.42 Å². The third kappa shape index (κ3) is 20.7. The second-order valence-corrected chi connectivity index (χ2v) is 8.31. The van der Waals surface area contributed by atoms with E-state index in [1.807, 2.05) is 0 Å². The van der Waals surface area contributed by atoms with Crippen molar-refractivity contribution < 1.29 is 42.5 Å². The second-order valence-electron chi connectivity index (χ2n) is 6.88. The zero-order chi connectivity index (χ0) is 19.5. The van der Waals surface area contributed by atoms with Crippen LogP contribution in [0.15, 0.2) is 35.2 Å². The first kappa shape index (κ1) is 29.3. The van der Waals surface area contributed by atoms with Crippen molar-refractivity contribution in [2.75, 3.05) is 0 Å². The maximum absolute atomic E-state index is 10.4. The van der Waals surface area contributed by atoms with Crippen LogP contribution in [0.2, 0.25) is 0 Å². The standard InChI is InChI=1S/C16H33.C6H6O3S.Na/c1-3-5-7-9-11-13-15-16-14-12-10-8-6-4-2;7-10(8,9)6-4-2-1-3-5-6;/h1,3-16H2,2H3;1-5H,(H,7,8,9);/q-1;;+1. The first-order valence-corrected chi connectivity index (χ1v) is 11.8. The summed E-state index contributed by atoms with van der Waals surface area (Å²) in [6.07, 6.45) is 19.8. The Bertz CT molecular complexity index is 490. The first-order valence-electron chi connectivity index (χ1n) is 10.3. The Hall–Kier alpha value is 0.130. The average Bonchev–Trinajstić information content (AvgIpc) is 2.63. The zero-order valence-electron chi connectivity index (χ0n) is 17.7. The van der Waals surface area contributed by atoms with Crippen LogP contribution in [0.25, 0.3) is 0 Å². The van der Waals surface area contributed by atoms with E-state index in [4.69, 9.17) is 4.55 Å². The molecule has 0 heterocycles. The summed E-state index contributed by atoms with van der Waals surface area (Å²) >= 11 is 0. The van der Waals surface area contributed by atoms with Gasteiger partial charge in [0.15, 0.2) is 0 Å². The number of benzene rings is 1. The van der Waals surface area contributed by atoms with E-state index >= 15 is 0 Å². The molecule has 3 nitrogen and oxygen atoms in total. The largest absolute Gasteiger partial charge is 1.00 e. The molecule has 0 aromatic heterocycles. The molecule has 1 N–H and O–H groups in total. The smallest absolute Gasteiger partial charge is 0.343 e. The maximum Gasteiger partial charge on any atom is 1.00 e. The van der Waals surface area contributed by atoms with Crippen LogP contribution in [0, 0.1) is 6.92 Å². The van der Waals surface area contributed by atoms with Gasteiger partial charge in [-0.2, -0.15) is 14.8 Å². The monoisotopic (exact) mass is 406 g/mol. The predicted molar refractivity (Wildman–Crippen MR) is 112 cm³/mol. The van der Waals surface area contributed by atoms with Crippen molar-refractivity contribution in [2.24, 2.45) is 0 Å². The molecule has 0 amide bonds. The molecule has 0 aliphatic rings. The van der Waals surface area contributed by atoms with Gasteiger partial charge in [0.05, 0.1) is 4.90 Å². The van der Waals surface area contributed by atoms with Gasteiger partial charge >= 0.3 is 29.6 Å². The van der Waals surface area contributed by atoms with Gasteiger partial charge in [0.25, 0.3) is 10.1 Å². The Balaban J connectivity index is 0. The molecule has 0 unspecified atom stereocenters. The molecule has 0 saturated heterocycles. The fourth-order valence-electron chi connectivity index (χ4n) is 2.79. The van der Waals surface area contributed by atoms with E-state index in [1.54, 1.807) is 18.2 Å². The zero-order valence-corrected chi connectivity index (χ0v) is 20.5. The van der Waals surface area contributed by atoms with Crippen molar-refractivity contribution in [3.63, 3.8) is 0 Å². The molecule has 0 radical (unpaired) electrons. The fraction of sp³-hybridized carbons (Fsp3) is 0.682. The van der Waals surface area contributed by atoms with E-state index in [1.165, 1.54) is 95.6 Å². The number of rotatable bonds is 14. The van der Waals surface area contributed by atoms with E-state index in [-0.39, 0.29) is 34.5 Å². The molecular formula is C22H39NaO3S. The van der Waals surface area contributed by atoms with Crippen molar-refractivity contribution in [2.45, 2.75) is 102 Å². The summed E-state index contributed by atoms with van der Waals surface area (Å²) in [6.45, 7) is 6.16. The Kier molecular flexibility index (Phi) is 22.7. The SMILES string of the molecule is O=S(=O)(O)c1ccccc1.[CH2-]CCCCCCCCCCCCCCC.[Na+]. The Morgan fingerprint density at radius 2 is 1.11 bits per heavy atom. The van der Waals surface area contributed by atoms with Crippen LogP contribution >= 0.6 is 0 Å². The first-order chi connectivity index (χ1) is 12.5. The van der Waals surface area contributed by atoms with Gasteiger partial charge in [0.2, 0.25) is 0 Å². The normalized spacial score (nSPS) is 10.6. The summed E-state index contributed by atoms with van der Waals surface area (Å²) in [6, 6.07) is 7.42. The van der Waals surface area contributed by atoms with E-state index < -0.39 is 10.1 Å². The fourth-order valence-corrected chi connectivity index (χ4v) is 3.29. The van der Waals surface area contributed by atoms with Crippen LogP contribution in [0.4, 0.5) is 0 Å². The van der Waals surface area contributed by atoms with Crippen molar-refractivity contribution in [1.29, 1.82) is 0 Å². The molecule has 0 aliphatic heterocycles. The van der Waals surface area contributed by atoms with Gasteiger partial charge in [-0.05, 0) is 12.1 Å². The molecule has 0 atom stereocenters. The molecule has 152 valence electrons. The molecule has 0 fully saturated rings. The number of unbranched alkanes of at least 4 members (excludes halogenated alkanes) is 13. The molecule has 0 saturated carbocycles. The molecule has 1 rings (SSSR count). The molecule has 0 aliphatic carbocycles. The minimum Gasteiger partial charge on any atom is -0.343 e. The minimum atomic E-state index is -4.00. The Morgan fingerprint density at radius 1 is 0.741 bits per heavy atom. The van der Waals surface area contributed by atoms with Gasteiger partial charge in [0.1, 0.15) is 0 Å². The van der Waals surface area contributed by atoms with Crippen molar-refractivity contribution in [3.8, 4) is 0 Å². The van der Waals surface area contributed by atoms with Crippen molar-refractivity contribution in [1.82, 2.24) is 0 Å². The molecule has 0 spiro atoms. The summed E-state index contributed by atoms with van der Waals surface area (Å²) in [5.41, 5.74) is 0. The van der Waals surface area contributed by atoms with Crippen LogP contribution in [0.3, 0.4) is 0 Å². The summed E-state index contributed by atoms with van der Waals surface area (Å²) in [7, 11) is -4.00. The number of hydrogen-bond acceptors (Lipinski definition) is 2. The minimum absolute atomic E-state index is 0. The van der Waals surface area contributed by atoms with Crippen LogP contribution in [0.5, 0.6) is 0 Å². The molecule has 27 heavy (non-hydrogen) atoms. The summed E-state index contributed by atoms with van der Waals surface area (Å²) in [5, 5.41) is 0. The molecule has 1 aromatic carbocycles. The van der Waals surface area contributed by atoms with Crippen LogP contribution in [0.1, 0.15) is 96.8 Å². The third-order valence-electron chi connectivity index (χ3n) is 4.39. The molecular weight excluding hydrogens is 367 g/mol. The molecule has 1 aromatic rings. The van der Waals surface area contributed by atoms with Gasteiger partial charge in [-0.25, -0.2) is 0 Å². The topological polar surface area (TPSA) is 54.4 Å².